The molecule has 0 bridgehead atoms. The van der Waals surface area contributed by atoms with Crippen molar-refractivity contribution in [1.29, 1.82) is 0 Å². The molecule has 1 N–H and O–H groups in total. The third kappa shape index (κ3) is 3.60. The third-order valence-electron chi connectivity index (χ3n) is 3.30. The summed E-state index contributed by atoms with van der Waals surface area (Å²) in [6.45, 7) is 4.89. The van der Waals surface area contributed by atoms with Crippen molar-refractivity contribution in [3.63, 3.8) is 0 Å². The van der Waals surface area contributed by atoms with E-state index in [1.165, 1.54) is 5.56 Å². The summed E-state index contributed by atoms with van der Waals surface area (Å²) in [5.41, 5.74) is 2.34. The highest BCUT2D eigenvalue weighted by Gasteiger charge is 2.14. The Bertz CT molecular complexity index is 612. The summed E-state index contributed by atoms with van der Waals surface area (Å²) < 4.78 is 0. The van der Waals surface area contributed by atoms with Crippen LogP contribution in [0.1, 0.15) is 19.4 Å². The Labute approximate surface area is 135 Å². The molecule has 0 saturated heterocycles. The molecule has 0 saturated carbocycles. The summed E-state index contributed by atoms with van der Waals surface area (Å²) >= 11 is 12.4. The quantitative estimate of drug-likeness (QED) is 0.824. The van der Waals surface area contributed by atoms with Gasteiger partial charge in [0.05, 0.1) is 10.0 Å². The molecule has 0 aliphatic rings. The lowest BCUT2D eigenvalue weighted by Gasteiger charge is -2.21. The summed E-state index contributed by atoms with van der Waals surface area (Å²) in [4.78, 5) is 6.49. The molecule has 0 aliphatic heterocycles. The van der Waals surface area contributed by atoms with Crippen LogP contribution >= 0.6 is 23.2 Å². The third-order valence-corrected chi connectivity index (χ3v) is 3.87. The maximum atomic E-state index is 6.29. The highest BCUT2D eigenvalue weighted by Crippen LogP contribution is 2.34. The number of halogens is 2. The van der Waals surface area contributed by atoms with Crippen LogP contribution in [-0.2, 0) is 6.42 Å². The van der Waals surface area contributed by atoms with Crippen molar-refractivity contribution in [2.45, 2.75) is 20.3 Å². The Morgan fingerprint density at radius 3 is 2.33 bits per heavy atom. The molecule has 21 heavy (non-hydrogen) atoms. The maximum Gasteiger partial charge on any atom is 0.154 e. The first kappa shape index (κ1) is 15.9. The average molecular weight is 324 g/mol. The SMILES string of the molecule is CCNc1nc(N(C)c2ccc(CC)cc2)c(Cl)cc1Cl. The van der Waals surface area contributed by atoms with E-state index >= 15 is 0 Å². The van der Waals surface area contributed by atoms with Crippen molar-refractivity contribution in [3.05, 3.63) is 45.9 Å². The van der Waals surface area contributed by atoms with Gasteiger partial charge in [0.25, 0.3) is 0 Å². The monoisotopic (exact) mass is 323 g/mol. The number of aryl methyl sites for hydroxylation is 1. The van der Waals surface area contributed by atoms with Gasteiger partial charge in [-0.25, -0.2) is 4.98 Å². The van der Waals surface area contributed by atoms with Crippen LogP contribution in [-0.4, -0.2) is 18.6 Å². The van der Waals surface area contributed by atoms with Gasteiger partial charge >= 0.3 is 0 Å². The molecule has 0 aliphatic carbocycles. The minimum Gasteiger partial charge on any atom is -0.369 e. The number of nitrogens with zero attached hydrogens (tertiary/aromatic N) is 2. The first-order valence-electron chi connectivity index (χ1n) is 6.99. The lowest BCUT2D eigenvalue weighted by atomic mass is 10.1. The lowest BCUT2D eigenvalue weighted by Crippen LogP contribution is -2.13. The number of nitrogens with one attached hydrogen (secondary N) is 1. The van der Waals surface area contributed by atoms with Gasteiger partial charge in [0.1, 0.15) is 5.82 Å². The number of pyridine rings is 1. The highest BCUT2D eigenvalue weighted by atomic mass is 35.5. The van der Waals surface area contributed by atoms with Gasteiger partial charge in [-0.15, -0.1) is 0 Å². The van der Waals surface area contributed by atoms with Crippen molar-refractivity contribution in [1.82, 2.24) is 4.98 Å². The Balaban J connectivity index is 2.36. The molecule has 3 nitrogen and oxygen atoms in total. The second-order valence-corrected chi connectivity index (χ2v) is 5.55. The molecule has 0 amide bonds. The van der Waals surface area contributed by atoms with Crippen molar-refractivity contribution in [2.75, 3.05) is 23.8 Å². The van der Waals surface area contributed by atoms with Crippen LogP contribution in [0.4, 0.5) is 17.3 Å². The Morgan fingerprint density at radius 1 is 1.10 bits per heavy atom. The standard InChI is InChI=1S/C16H19Cl2N3/c1-4-11-6-8-12(9-7-11)21(3)16-14(18)10-13(17)15(20-16)19-5-2/h6-10H,4-5H2,1-3H3,(H,19,20). The molecule has 1 aromatic heterocycles. The number of anilines is 3. The number of hydrogen-bond acceptors (Lipinski definition) is 3. The fourth-order valence-corrected chi connectivity index (χ4v) is 2.61. The van der Waals surface area contributed by atoms with Crippen molar-refractivity contribution >= 4 is 40.5 Å². The summed E-state index contributed by atoms with van der Waals surface area (Å²) in [6.07, 6.45) is 1.02. The van der Waals surface area contributed by atoms with Crippen LogP contribution in [0.2, 0.25) is 10.0 Å². The Hall–Kier alpha value is -1.45. The van der Waals surface area contributed by atoms with Crippen LogP contribution in [0.5, 0.6) is 0 Å². The fraction of sp³-hybridized carbons (Fsp3) is 0.312. The van der Waals surface area contributed by atoms with E-state index < -0.39 is 0 Å². The van der Waals surface area contributed by atoms with E-state index in [0.29, 0.717) is 21.7 Å². The second-order valence-electron chi connectivity index (χ2n) is 4.73. The molecule has 2 aromatic rings. The molecule has 0 spiro atoms. The van der Waals surface area contributed by atoms with Gasteiger partial charge in [-0.05, 0) is 37.1 Å². The molecule has 0 fully saturated rings. The molecule has 5 heteroatoms. The second kappa shape index (κ2) is 7.01. The van der Waals surface area contributed by atoms with E-state index in [1.807, 2.05) is 18.9 Å². The number of aromatic nitrogens is 1. The van der Waals surface area contributed by atoms with E-state index in [-0.39, 0.29) is 0 Å². The van der Waals surface area contributed by atoms with Gasteiger partial charge in [-0.1, -0.05) is 42.3 Å². The van der Waals surface area contributed by atoms with Gasteiger partial charge in [-0.3, -0.25) is 0 Å². The van der Waals surface area contributed by atoms with E-state index in [1.54, 1.807) is 6.07 Å². The van der Waals surface area contributed by atoms with Crippen molar-refractivity contribution in [2.24, 2.45) is 0 Å². The van der Waals surface area contributed by atoms with Crippen LogP contribution in [0.15, 0.2) is 30.3 Å². The summed E-state index contributed by atoms with van der Waals surface area (Å²) in [7, 11) is 1.94. The summed E-state index contributed by atoms with van der Waals surface area (Å²) in [5.74, 6) is 1.33. The molecule has 112 valence electrons. The van der Waals surface area contributed by atoms with E-state index in [0.717, 1.165) is 18.7 Å². The first-order chi connectivity index (χ1) is 10.1. The van der Waals surface area contributed by atoms with E-state index in [2.05, 4.69) is 41.5 Å². The number of benzene rings is 1. The van der Waals surface area contributed by atoms with Gasteiger partial charge in [-0.2, -0.15) is 0 Å². The predicted molar refractivity (Wildman–Crippen MR) is 92.3 cm³/mol. The van der Waals surface area contributed by atoms with Gasteiger partial charge in [0.15, 0.2) is 5.82 Å². The maximum absolute atomic E-state index is 6.29. The zero-order valence-electron chi connectivity index (χ0n) is 12.5. The van der Waals surface area contributed by atoms with E-state index in [4.69, 9.17) is 23.2 Å². The van der Waals surface area contributed by atoms with Crippen LogP contribution in [0, 0.1) is 0 Å². The molecule has 2 rings (SSSR count). The number of hydrogen-bond donors (Lipinski definition) is 1. The highest BCUT2D eigenvalue weighted by molar-refractivity contribution is 6.37. The molecule has 0 atom stereocenters. The summed E-state index contributed by atoms with van der Waals surface area (Å²) in [6, 6.07) is 10.1. The topological polar surface area (TPSA) is 28.2 Å². The molecule has 0 unspecified atom stereocenters. The van der Waals surface area contributed by atoms with Gasteiger partial charge < -0.3 is 10.2 Å². The fourth-order valence-electron chi connectivity index (χ4n) is 2.06. The normalized spacial score (nSPS) is 10.5. The minimum atomic E-state index is 0.528. The molecular weight excluding hydrogens is 305 g/mol. The van der Waals surface area contributed by atoms with Gasteiger partial charge in [0.2, 0.25) is 0 Å². The predicted octanol–water partition coefficient (Wildman–Crippen LogP) is 5.15. The Kier molecular flexibility index (Phi) is 5.32. The molecule has 1 aromatic carbocycles. The minimum absolute atomic E-state index is 0.528. The van der Waals surface area contributed by atoms with Crippen LogP contribution < -0.4 is 10.2 Å². The lowest BCUT2D eigenvalue weighted by molar-refractivity contribution is 1.09. The van der Waals surface area contributed by atoms with Crippen LogP contribution in [0.25, 0.3) is 0 Å². The average Bonchev–Trinajstić information content (AvgIpc) is 2.49. The van der Waals surface area contributed by atoms with Gasteiger partial charge in [0, 0.05) is 19.3 Å². The van der Waals surface area contributed by atoms with E-state index in [9.17, 15) is 0 Å². The molecule has 0 radical (unpaired) electrons. The van der Waals surface area contributed by atoms with Crippen LogP contribution in [0.3, 0.4) is 0 Å². The van der Waals surface area contributed by atoms with Crippen molar-refractivity contribution in [3.8, 4) is 0 Å². The first-order valence-corrected chi connectivity index (χ1v) is 7.75. The molecule has 1 heterocycles. The number of rotatable bonds is 5. The van der Waals surface area contributed by atoms with Crippen molar-refractivity contribution < 1.29 is 0 Å². The smallest absolute Gasteiger partial charge is 0.154 e. The zero-order chi connectivity index (χ0) is 15.4. The summed E-state index contributed by atoms with van der Waals surface area (Å²) in [5, 5.41) is 4.20. The zero-order valence-corrected chi connectivity index (χ0v) is 14.0. The largest absolute Gasteiger partial charge is 0.369 e. The Morgan fingerprint density at radius 2 is 1.76 bits per heavy atom. The molecular formula is C16H19Cl2N3.